The van der Waals surface area contributed by atoms with Crippen LogP contribution in [0.5, 0.6) is 0 Å². The number of halogens is 2. The van der Waals surface area contributed by atoms with Gasteiger partial charge in [0.1, 0.15) is 0 Å². The Hall–Kier alpha value is -0.920. The smallest absolute Gasteiger partial charge is 0.239 e. The largest absolute Gasteiger partial charge is 0.389 e. The third kappa shape index (κ3) is 6.02. The van der Waals surface area contributed by atoms with E-state index in [1.54, 1.807) is 11.9 Å². The second kappa shape index (κ2) is 8.39. The first kappa shape index (κ1) is 17.1. The van der Waals surface area contributed by atoms with Crippen LogP contribution in [0, 0.1) is 0 Å². The van der Waals surface area contributed by atoms with Crippen LogP contribution in [0.3, 0.4) is 0 Å². The van der Waals surface area contributed by atoms with Crippen molar-refractivity contribution >= 4 is 34.9 Å². The Balaban J connectivity index is 2.46. The zero-order chi connectivity index (χ0) is 15.1. The van der Waals surface area contributed by atoms with E-state index in [0.29, 0.717) is 11.6 Å². The number of carbonyl (C=O) groups excluding carboxylic acids is 1. The van der Waals surface area contributed by atoms with E-state index in [9.17, 15) is 9.90 Å². The summed E-state index contributed by atoms with van der Waals surface area (Å²) in [6.45, 7) is 0.640. The number of aromatic nitrogens is 1. The van der Waals surface area contributed by atoms with Crippen LogP contribution >= 0.6 is 23.2 Å². The lowest BCUT2D eigenvalue weighted by Crippen LogP contribution is -2.37. The van der Waals surface area contributed by atoms with Crippen LogP contribution in [0.4, 0.5) is 5.82 Å². The van der Waals surface area contributed by atoms with E-state index in [0.717, 1.165) is 0 Å². The number of carbonyl (C=O) groups is 1. The molecule has 1 heterocycles. The summed E-state index contributed by atoms with van der Waals surface area (Å²) in [4.78, 5) is 17.4. The van der Waals surface area contributed by atoms with Gasteiger partial charge < -0.3 is 15.2 Å². The molecule has 0 aliphatic carbocycles. The number of nitrogens with zero attached hydrogens (tertiary/aromatic N) is 2. The Kier molecular flexibility index (Phi) is 7.18. The topological polar surface area (TPSA) is 74.7 Å². The van der Waals surface area contributed by atoms with Crippen LogP contribution in [-0.4, -0.2) is 60.9 Å². The minimum absolute atomic E-state index is 0.0986. The first-order valence-electron chi connectivity index (χ1n) is 5.88. The van der Waals surface area contributed by atoms with Gasteiger partial charge in [-0.1, -0.05) is 23.2 Å². The van der Waals surface area contributed by atoms with Crippen LogP contribution in [0.15, 0.2) is 12.3 Å². The highest BCUT2D eigenvalue weighted by Gasteiger charge is 2.13. The number of nitrogens with one attached hydrogen (secondary N) is 1. The van der Waals surface area contributed by atoms with Gasteiger partial charge >= 0.3 is 0 Å². The molecule has 0 aromatic carbocycles. The lowest BCUT2D eigenvalue weighted by Gasteiger charge is -2.19. The van der Waals surface area contributed by atoms with Gasteiger partial charge in [0.25, 0.3) is 0 Å². The predicted octanol–water partition coefficient (Wildman–Crippen LogP) is 1.27. The van der Waals surface area contributed by atoms with E-state index in [-0.39, 0.29) is 29.9 Å². The summed E-state index contributed by atoms with van der Waals surface area (Å²) in [5.41, 5.74) is 0. The molecule has 8 heteroatoms. The fourth-order valence-corrected chi connectivity index (χ4v) is 2.02. The second-order valence-corrected chi connectivity index (χ2v) is 5.18. The molecule has 1 aromatic rings. The Labute approximate surface area is 127 Å². The number of pyridine rings is 1. The fraction of sp³-hybridized carbons (Fsp3) is 0.500. The van der Waals surface area contributed by atoms with Gasteiger partial charge in [-0.05, 0) is 13.1 Å². The van der Waals surface area contributed by atoms with Crippen molar-refractivity contribution in [3.63, 3.8) is 0 Å². The molecule has 20 heavy (non-hydrogen) atoms. The summed E-state index contributed by atoms with van der Waals surface area (Å²) in [6.07, 6.45) is 0.754. The average molecular weight is 322 g/mol. The van der Waals surface area contributed by atoms with Crippen LogP contribution in [0.1, 0.15) is 0 Å². The van der Waals surface area contributed by atoms with Crippen molar-refractivity contribution in [3.8, 4) is 0 Å². The highest BCUT2D eigenvalue weighted by atomic mass is 35.5. The van der Waals surface area contributed by atoms with Crippen LogP contribution in [0.2, 0.25) is 10.0 Å². The molecule has 1 unspecified atom stereocenters. The van der Waals surface area contributed by atoms with Crippen molar-refractivity contribution in [2.45, 2.75) is 6.10 Å². The van der Waals surface area contributed by atoms with Crippen molar-refractivity contribution in [3.05, 3.63) is 22.3 Å². The zero-order valence-electron chi connectivity index (χ0n) is 11.3. The molecule has 1 aromatic heterocycles. The number of hydrogen-bond donors (Lipinski definition) is 2. The van der Waals surface area contributed by atoms with Gasteiger partial charge in [-0.2, -0.15) is 0 Å². The number of rotatable bonds is 7. The number of likely N-dealkylation sites (N-methyl/N-ethyl adjacent to an activating group) is 1. The van der Waals surface area contributed by atoms with E-state index in [1.165, 1.54) is 19.4 Å². The zero-order valence-corrected chi connectivity index (χ0v) is 12.8. The standard InChI is InChI=1S/C12H17Cl2N3O3/c1-17(5-9(18)7-20-2)6-11(19)16-12-10(14)3-8(13)4-15-12/h3-4,9,18H,5-7H2,1-2H3,(H,15,16,19). The number of hydrogen-bond acceptors (Lipinski definition) is 5. The van der Waals surface area contributed by atoms with E-state index < -0.39 is 6.10 Å². The Bertz CT molecular complexity index is 460. The second-order valence-electron chi connectivity index (χ2n) is 4.34. The molecule has 0 fully saturated rings. The van der Waals surface area contributed by atoms with Crippen molar-refractivity contribution in [1.29, 1.82) is 0 Å². The van der Waals surface area contributed by atoms with Gasteiger partial charge in [0.2, 0.25) is 5.91 Å². The number of ether oxygens (including phenoxy) is 1. The van der Waals surface area contributed by atoms with Gasteiger partial charge in [-0.25, -0.2) is 4.98 Å². The molecule has 112 valence electrons. The number of methoxy groups -OCH3 is 1. The van der Waals surface area contributed by atoms with Crippen molar-refractivity contribution < 1.29 is 14.6 Å². The molecule has 0 bridgehead atoms. The maximum Gasteiger partial charge on any atom is 0.239 e. The molecule has 1 rings (SSSR count). The molecular weight excluding hydrogens is 305 g/mol. The maximum atomic E-state index is 11.8. The Morgan fingerprint density at radius 3 is 2.90 bits per heavy atom. The van der Waals surface area contributed by atoms with E-state index >= 15 is 0 Å². The number of anilines is 1. The molecule has 1 amide bonds. The van der Waals surface area contributed by atoms with Gasteiger partial charge in [0, 0.05) is 19.9 Å². The van der Waals surface area contributed by atoms with Gasteiger partial charge in [0.15, 0.2) is 5.82 Å². The fourth-order valence-electron chi connectivity index (χ4n) is 1.59. The van der Waals surface area contributed by atoms with E-state index in [4.69, 9.17) is 27.9 Å². The number of aliphatic hydroxyl groups is 1. The Morgan fingerprint density at radius 2 is 2.30 bits per heavy atom. The van der Waals surface area contributed by atoms with Crippen molar-refractivity contribution in [2.24, 2.45) is 0 Å². The van der Waals surface area contributed by atoms with Crippen LogP contribution in [-0.2, 0) is 9.53 Å². The van der Waals surface area contributed by atoms with Gasteiger partial charge in [-0.3, -0.25) is 9.69 Å². The van der Waals surface area contributed by atoms with Crippen LogP contribution in [0.25, 0.3) is 0 Å². The minimum Gasteiger partial charge on any atom is -0.389 e. The molecular formula is C12H17Cl2N3O3. The highest BCUT2D eigenvalue weighted by Crippen LogP contribution is 2.22. The monoisotopic (exact) mass is 321 g/mol. The van der Waals surface area contributed by atoms with Gasteiger partial charge in [-0.15, -0.1) is 0 Å². The third-order valence-corrected chi connectivity index (χ3v) is 2.86. The average Bonchev–Trinajstić information content (AvgIpc) is 2.32. The molecule has 6 nitrogen and oxygen atoms in total. The highest BCUT2D eigenvalue weighted by molar-refractivity contribution is 6.36. The third-order valence-electron chi connectivity index (χ3n) is 2.36. The first-order chi connectivity index (χ1) is 9.42. The quantitative estimate of drug-likeness (QED) is 0.791. The normalized spacial score (nSPS) is 12.5. The number of aliphatic hydroxyl groups excluding tert-OH is 1. The molecule has 0 aliphatic heterocycles. The lowest BCUT2D eigenvalue weighted by molar-refractivity contribution is -0.117. The Morgan fingerprint density at radius 1 is 1.60 bits per heavy atom. The summed E-state index contributed by atoms with van der Waals surface area (Å²) in [7, 11) is 3.22. The summed E-state index contributed by atoms with van der Waals surface area (Å²) < 4.78 is 4.81. The molecule has 0 radical (unpaired) electrons. The van der Waals surface area contributed by atoms with E-state index in [2.05, 4.69) is 10.3 Å². The summed E-state index contributed by atoms with van der Waals surface area (Å²) in [5.74, 6) is -0.0271. The molecule has 2 N–H and O–H groups in total. The minimum atomic E-state index is -0.643. The van der Waals surface area contributed by atoms with Crippen LogP contribution < -0.4 is 5.32 Å². The lowest BCUT2D eigenvalue weighted by atomic mass is 10.3. The number of amides is 1. The molecule has 0 spiro atoms. The van der Waals surface area contributed by atoms with Crippen molar-refractivity contribution in [2.75, 3.05) is 39.2 Å². The summed E-state index contributed by atoms with van der Waals surface area (Å²) in [5, 5.41) is 12.8. The molecule has 1 atom stereocenters. The summed E-state index contributed by atoms with van der Waals surface area (Å²) in [6, 6.07) is 1.50. The summed E-state index contributed by atoms with van der Waals surface area (Å²) >= 11 is 11.6. The molecule has 0 saturated carbocycles. The molecule has 0 saturated heterocycles. The first-order valence-corrected chi connectivity index (χ1v) is 6.64. The van der Waals surface area contributed by atoms with E-state index in [1.807, 2.05) is 0 Å². The maximum absolute atomic E-state index is 11.8. The van der Waals surface area contributed by atoms with Gasteiger partial charge in [0.05, 0.1) is 29.3 Å². The molecule has 0 aliphatic rings. The SMILES string of the molecule is COCC(O)CN(C)CC(=O)Nc1ncc(Cl)cc1Cl. The van der Waals surface area contributed by atoms with Crippen molar-refractivity contribution in [1.82, 2.24) is 9.88 Å². The predicted molar refractivity (Wildman–Crippen MR) is 78.3 cm³/mol.